The monoisotopic (exact) mass is 358 g/mol. The molecule has 2 atom stereocenters. The van der Waals surface area contributed by atoms with Crippen LogP contribution in [0.5, 0.6) is 5.75 Å². The zero-order valence-electron chi connectivity index (χ0n) is 15.3. The molecule has 1 amide bonds. The zero-order valence-corrected chi connectivity index (χ0v) is 15.3. The van der Waals surface area contributed by atoms with Gasteiger partial charge in [0.2, 0.25) is 0 Å². The van der Waals surface area contributed by atoms with Crippen molar-refractivity contribution in [2.24, 2.45) is 0 Å². The van der Waals surface area contributed by atoms with E-state index in [1.807, 2.05) is 43.3 Å². The van der Waals surface area contributed by atoms with Crippen LogP contribution in [0, 0.1) is 0 Å². The molecule has 1 aromatic heterocycles. The van der Waals surface area contributed by atoms with Crippen LogP contribution in [0.3, 0.4) is 0 Å². The first kappa shape index (κ1) is 18.5. The number of rotatable bonds is 8. The Labute approximate surface area is 154 Å². The van der Waals surface area contributed by atoms with Crippen molar-refractivity contribution in [2.45, 2.75) is 25.0 Å². The van der Waals surface area contributed by atoms with Crippen molar-refractivity contribution in [3.63, 3.8) is 0 Å². The van der Waals surface area contributed by atoms with Gasteiger partial charge in [0.15, 0.2) is 0 Å². The van der Waals surface area contributed by atoms with E-state index in [0.29, 0.717) is 18.7 Å². The number of benzene rings is 1. The molecule has 1 aromatic carbocycles. The molecule has 0 spiro atoms. The first-order valence-corrected chi connectivity index (χ1v) is 8.96. The summed E-state index contributed by atoms with van der Waals surface area (Å²) in [5.41, 5.74) is 0.603. The highest BCUT2D eigenvalue weighted by Crippen LogP contribution is 2.19. The second-order valence-corrected chi connectivity index (χ2v) is 6.68. The van der Waals surface area contributed by atoms with Crippen molar-refractivity contribution in [3.05, 3.63) is 54.0 Å². The third kappa shape index (κ3) is 4.86. The maximum Gasteiger partial charge on any atom is 0.251 e. The minimum atomic E-state index is -0.117. The Morgan fingerprint density at radius 1 is 1.31 bits per heavy atom. The Hall–Kier alpha value is -2.31. The van der Waals surface area contributed by atoms with E-state index in [4.69, 9.17) is 13.9 Å². The number of carbonyl (C=O) groups is 1. The van der Waals surface area contributed by atoms with E-state index in [1.165, 1.54) is 0 Å². The topological polar surface area (TPSA) is 63.9 Å². The molecular formula is C20H26N2O4. The Balaban J connectivity index is 1.50. The third-order valence-corrected chi connectivity index (χ3v) is 4.53. The van der Waals surface area contributed by atoms with Crippen LogP contribution >= 0.6 is 0 Å². The van der Waals surface area contributed by atoms with Crippen LogP contribution in [0.1, 0.15) is 35.0 Å². The van der Waals surface area contributed by atoms with Gasteiger partial charge in [0, 0.05) is 18.7 Å². The molecule has 1 aliphatic rings. The summed E-state index contributed by atoms with van der Waals surface area (Å²) >= 11 is 0. The van der Waals surface area contributed by atoms with Gasteiger partial charge >= 0.3 is 0 Å². The SMILES string of the molecule is CN(C)[C@H](CNC(=O)c1ccc(OC[C@@H]2CCCO2)cc1)c1ccco1. The number of likely N-dealkylation sites (N-methyl/N-ethyl adjacent to an activating group) is 1. The normalized spacial score (nSPS) is 18.0. The van der Waals surface area contributed by atoms with Gasteiger partial charge in [0.1, 0.15) is 18.1 Å². The number of amides is 1. The summed E-state index contributed by atoms with van der Waals surface area (Å²) in [6.07, 6.45) is 3.97. The molecule has 1 N–H and O–H groups in total. The van der Waals surface area contributed by atoms with Gasteiger partial charge in [0.25, 0.3) is 5.91 Å². The average Bonchev–Trinajstić information content (AvgIpc) is 3.34. The zero-order chi connectivity index (χ0) is 18.4. The largest absolute Gasteiger partial charge is 0.491 e. The first-order valence-electron chi connectivity index (χ1n) is 8.96. The van der Waals surface area contributed by atoms with Gasteiger partial charge in [-0.1, -0.05) is 0 Å². The maximum atomic E-state index is 12.4. The minimum absolute atomic E-state index is 0.0111. The molecule has 0 bridgehead atoms. The predicted molar refractivity (Wildman–Crippen MR) is 98.4 cm³/mol. The quantitative estimate of drug-likeness (QED) is 0.786. The number of ether oxygens (including phenoxy) is 2. The van der Waals surface area contributed by atoms with Gasteiger partial charge in [-0.2, -0.15) is 0 Å². The van der Waals surface area contributed by atoms with Crippen LogP contribution < -0.4 is 10.1 Å². The molecule has 6 nitrogen and oxygen atoms in total. The average molecular weight is 358 g/mol. The molecule has 1 aliphatic heterocycles. The fourth-order valence-corrected chi connectivity index (χ4v) is 2.98. The van der Waals surface area contributed by atoms with Crippen LogP contribution in [0.2, 0.25) is 0 Å². The van der Waals surface area contributed by atoms with E-state index < -0.39 is 0 Å². The van der Waals surface area contributed by atoms with Crippen LogP contribution in [0.4, 0.5) is 0 Å². The highest BCUT2D eigenvalue weighted by molar-refractivity contribution is 5.94. The molecule has 2 heterocycles. The lowest BCUT2D eigenvalue weighted by atomic mass is 10.1. The summed E-state index contributed by atoms with van der Waals surface area (Å²) < 4.78 is 16.7. The van der Waals surface area contributed by atoms with Gasteiger partial charge in [-0.15, -0.1) is 0 Å². The lowest BCUT2D eigenvalue weighted by Gasteiger charge is -2.22. The molecule has 1 fully saturated rings. The first-order chi connectivity index (χ1) is 12.6. The maximum absolute atomic E-state index is 12.4. The summed E-state index contributed by atoms with van der Waals surface area (Å²) in [6.45, 7) is 1.84. The number of furan rings is 1. The van der Waals surface area contributed by atoms with Crippen LogP contribution in [-0.4, -0.2) is 50.8 Å². The summed E-state index contributed by atoms with van der Waals surface area (Å²) in [5.74, 6) is 1.46. The van der Waals surface area contributed by atoms with Crippen molar-refractivity contribution in [2.75, 3.05) is 33.9 Å². The Bertz CT molecular complexity index is 676. The highest BCUT2D eigenvalue weighted by Gasteiger charge is 2.19. The molecule has 26 heavy (non-hydrogen) atoms. The standard InChI is InChI=1S/C20H26N2O4/c1-22(2)18(19-6-4-12-25-19)13-21-20(23)15-7-9-16(10-8-15)26-14-17-5-3-11-24-17/h4,6-10,12,17-18H,3,5,11,13-14H2,1-2H3,(H,21,23)/t17-,18+/m0/s1. The van der Waals surface area contributed by atoms with Gasteiger partial charge in [-0.25, -0.2) is 0 Å². The van der Waals surface area contributed by atoms with Crippen molar-refractivity contribution in [3.8, 4) is 5.75 Å². The lowest BCUT2D eigenvalue weighted by molar-refractivity contribution is 0.0679. The molecule has 0 unspecified atom stereocenters. The Morgan fingerprint density at radius 3 is 2.73 bits per heavy atom. The van der Waals surface area contributed by atoms with Crippen molar-refractivity contribution in [1.29, 1.82) is 0 Å². The number of hydrogen-bond acceptors (Lipinski definition) is 5. The summed E-state index contributed by atoms with van der Waals surface area (Å²) in [6, 6.07) is 10.9. The summed E-state index contributed by atoms with van der Waals surface area (Å²) in [7, 11) is 3.92. The molecule has 2 aromatic rings. The van der Waals surface area contributed by atoms with Gasteiger partial charge in [-0.3, -0.25) is 9.69 Å². The van der Waals surface area contributed by atoms with Crippen LogP contribution in [-0.2, 0) is 4.74 Å². The van der Waals surface area contributed by atoms with E-state index in [-0.39, 0.29) is 18.1 Å². The second-order valence-electron chi connectivity index (χ2n) is 6.68. The predicted octanol–water partition coefficient (Wildman–Crippen LogP) is 2.87. The molecular weight excluding hydrogens is 332 g/mol. The van der Waals surface area contributed by atoms with E-state index in [2.05, 4.69) is 5.32 Å². The Morgan fingerprint density at radius 2 is 2.12 bits per heavy atom. The second kappa shape index (κ2) is 8.87. The molecule has 3 rings (SSSR count). The van der Waals surface area contributed by atoms with Crippen molar-refractivity contribution < 1.29 is 18.7 Å². The smallest absolute Gasteiger partial charge is 0.251 e. The molecule has 140 valence electrons. The van der Waals surface area contributed by atoms with Crippen molar-refractivity contribution >= 4 is 5.91 Å². The highest BCUT2D eigenvalue weighted by atomic mass is 16.5. The molecule has 0 radical (unpaired) electrons. The summed E-state index contributed by atoms with van der Waals surface area (Å²) in [5, 5.41) is 2.96. The summed E-state index contributed by atoms with van der Waals surface area (Å²) in [4.78, 5) is 14.4. The van der Waals surface area contributed by atoms with E-state index in [9.17, 15) is 4.79 Å². The van der Waals surface area contributed by atoms with Gasteiger partial charge in [0.05, 0.1) is 18.4 Å². The number of nitrogens with zero attached hydrogens (tertiary/aromatic N) is 1. The van der Waals surface area contributed by atoms with Gasteiger partial charge < -0.3 is 19.2 Å². The fourth-order valence-electron chi connectivity index (χ4n) is 2.98. The van der Waals surface area contributed by atoms with Crippen LogP contribution in [0.25, 0.3) is 0 Å². The lowest BCUT2D eigenvalue weighted by Crippen LogP contribution is -2.34. The van der Waals surface area contributed by atoms with Crippen molar-refractivity contribution in [1.82, 2.24) is 10.2 Å². The number of carbonyl (C=O) groups excluding carboxylic acids is 1. The molecule has 1 saturated heterocycles. The number of nitrogens with one attached hydrogen (secondary N) is 1. The molecule has 6 heteroatoms. The van der Waals surface area contributed by atoms with E-state index in [1.54, 1.807) is 18.4 Å². The molecule has 0 aliphatic carbocycles. The number of hydrogen-bond donors (Lipinski definition) is 1. The van der Waals surface area contributed by atoms with Crippen LogP contribution in [0.15, 0.2) is 47.1 Å². The van der Waals surface area contributed by atoms with Gasteiger partial charge in [-0.05, 0) is 63.3 Å². The van der Waals surface area contributed by atoms with E-state index >= 15 is 0 Å². The van der Waals surface area contributed by atoms with E-state index in [0.717, 1.165) is 31.0 Å². The molecule has 0 saturated carbocycles. The fraction of sp³-hybridized carbons (Fsp3) is 0.450. The minimum Gasteiger partial charge on any atom is -0.491 e. The third-order valence-electron chi connectivity index (χ3n) is 4.53. The Kier molecular flexibility index (Phi) is 6.30.